The SMILES string of the molecule is Nn1cnc(-c2cccc(Cl)c2/C=C/C(=O)C2CCCCC2)c1. The van der Waals surface area contributed by atoms with Crippen LogP contribution in [0.4, 0.5) is 0 Å². The number of imidazole rings is 1. The average Bonchev–Trinajstić information content (AvgIpc) is 3.00. The lowest BCUT2D eigenvalue weighted by Crippen LogP contribution is -2.15. The molecule has 2 aromatic rings. The molecule has 1 aromatic carbocycles. The Hall–Kier alpha value is -2.07. The first-order valence-corrected chi connectivity index (χ1v) is 8.33. The smallest absolute Gasteiger partial charge is 0.158 e. The molecule has 1 aliphatic rings. The summed E-state index contributed by atoms with van der Waals surface area (Å²) in [7, 11) is 0. The molecular weight excluding hydrogens is 310 g/mol. The van der Waals surface area contributed by atoms with E-state index in [0.717, 1.165) is 42.5 Å². The lowest BCUT2D eigenvalue weighted by molar-refractivity contribution is -0.119. The molecule has 1 saturated carbocycles. The van der Waals surface area contributed by atoms with Crippen molar-refractivity contribution in [3.8, 4) is 11.3 Å². The number of carbonyl (C=O) groups excluding carboxylic acids is 1. The largest absolute Gasteiger partial charge is 0.338 e. The predicted octanol–water partition coefficient (Wildman–Crippen LogP) is 4.08. The highest BCUT2D eigenvalue weighted by Crippen LogP contribution is 2.30. The zero-order valence-electron chi connectivity index (χ0n) is 12.9. The van der Waals surface area contributed by atoms with Gasteiger partial charge in [-0.3, -0.25) is 9.47 Å². The molecule has 0 atom stereocenters. The summed E-state index contributed by atoms with van der Waals surface area (Å²) in [6.45, 7) is 0. The lowest BCUT2D eigenvalue weighted by atomic mass is 9.86. The predicted molar refractivity (Wildman–Crippen MR) is 93.4 cm³/mol. The van der Waals surface area contributed by atoms with Gasteiger partial charge in [0.05, 0.1) is 11.9 Å². The summed E-state index contributed by atoms with van der Waals surface area (Å²) in [6, 6.07) is 5.61. The van der Waals surface area contributed by atoms with Crippen molar-refractivity contribution in [2.75, 3.05) is 5.84 Å². The molecule has 120 valence electrons. The minimum Gasteiger partial charge on any atom is -0.338 e. The highest BCUT2D eigenvalue weighted by Gasteiger charge is 2.19. The van der Waals surface area contributed by atoms with Gasteiger partial charge in [0.15, 0.2) is 5.78 Å². The molecule has 0 aliphatic heterocycles. The minimum atomic E-state index is 0.161. The van der Waals surface area contributed by atoms with Crippen LogP contribution in [0.2, 0.25) is 5.02 Å². The van der Waals surface area contributed by atoms with Crippen LogP contribution in [0.25, 0.3) is 17.3 Å². The van der Waals surface area contributed by atoms with Crippen LogP contribution in [0.5, 0.6) is 0 Å². The summed E-state index contributed by atoms with van der Waals surface area (Å²) in [4.78, 5) is 16.6. The lowest BCUT2D eigenvalue weighted by Gasteiger charge is -2.18. The third kappa shape index (κ3) is 3.64. The number of carbonyl (C=O) groups is 1. The summed E-state index contributed by atoms with van der Waals surface area (Å²) in [6.07, 6.45) is 12.3. The third-order valence-corrected chi connectivity index (χ3v) is 4.68. The van der Waals surface area contributed by atoms with E-state index in [1.165, 1.54) is 17.4 Å². The summed E-state index contributed by atoms with van der Waals surface area (Å²) in [5, 5.41) is 0.599. The average molecular weight is 330 g/mol. The number of hydrogen-bond acceptors (Lipinski definition) is 3. The van der Waals surface area contributed by atoms with Gasteiger partial charge in [0.25, 0.3) is 0 Å². The van der Waals surface area contributed by atoms with Crippen LogP contribution < -0.4 is 5.84 Å². The molecule has 1 fully saturated rings. The zero-order chi connectivity index (χ0) is 16.2. The van der Waals surface area contributed by atoms with Gasteiger partial charge in [0.2, 0.25) is 0 Å². The number of halogens is 1. The topological polar surface area (TPSA) is 60.9 Å². The fraction of sp³-hybridized carbons (Fsp3) is 0.333. The van der Waals surface area contributed by atoms with E-state index >= 15 is 0 Å². The first-order chi connectivity index (χ1) is 11.1. The van der Waals surface area contributed by atoms with Crippen molar-refractivity contribution in [1.82, 2.24) is 9.66 Å². The summed E-state index contributed by atoms with van der Waals surface area (Å²) in [5.74, 6) is 6.03. The van der Waals surface area contributed by atoms with Crippen LogP contribution in [-0.4, -0.2) is 15.4 Å². The molecule has 1 aromatic heterocycles. The number of hydrogen-bond donors (Lipinski definition) is 1. The number of nitrogens with zero attached hydrogens (tertiary/aromatic N) is 2. The Morgan fingerprint density at radius 1 is 1.30 bits per heavy atom. The molecule has 0 radical (unpaired) electrons. The van der Waals surface area contributed by atoms with E-state index in [1.54, 1.807) is 12.3 Å². The minimum absolute atomic E-state index is 0.161. The van der Waals surface area contributed by atoms with Crippen LogP contribution in [-0.2, 0) is 4.79 Å². The molecule has 0 unspecified atom stereocenters. The second-order valence-electron chi connectivity index (χ2n) is 5.98. The molecule has 1 aliphatic carbocycles. The number of nitrogens with two attached hydrogens (primary N) is 1. The second-order valence-corrected chi connectivity index (χ2v) is 6.39. The maximum Gasteiger partial charge on any atom is 0.158 e. The zero-order valence-corrected chi connectivity index (χ0v) is 13.7. The number of benzene rings is 1. The van der Waals surface area contributed by atoms with Gasteiger partial charge in [0.1, 0.15) is 6.33 Å². The number of nitrogen functional groups attached to an aromatic ring is 1. The van der Waals surface area contributed by atoms with Crippen LogP contribution in [0.15, 0.2) is 36.8 Å². The van der Waals surface area contributed by atoms with E-state index in [9.17, 15) is 4.79 Å². The molecule has 0 spiro atoms. The first-order valence-electron chi connectivity index (χ1n) is 7.95. The fourth-order valence-corrected chi connectivity index (χ4v) is 3.33. The molecule has 0 saturated heterocycles. The van der Waals surface area contributed by atoms with Crippen molar-refractivity contribution in [3.63, 3.8) is 0 Å². The highest BCUT2D eigenvalue weighted by atomic mass is 35.5. The summed E-state index contributed by atoms with van der Waals surface area (Å²) in [5.41, 5.74) is 2.41. The normalized spacial score (nSPS) is 16.0. The molecule has 2 N–H and O–H groups in total. The van der Waals surface area contributed by atoms with E-state index in [-0.39, 0.29) is 11.7 Å². The van der Waals surface area contributed by atoms with Gasteiger partial charge in [0, 0.05) is 22.1 Å². The first kappa shape index (κ1) is 15.8. The van der Waals surface area contributed by atoms with Crippen molar-refractivity contribution in [3.05, 3.63) is 47.4 Å². The Bertz CT molecular complexity index is 730. The molecule has 5 heteroatoms. The molecule has 1 heterocycles. The van der Waals surface area contributed by atoms with Crippen LogP contribution in [0.3, 0.4) is 0 Å². The van der Waals surface area contributed by atoms with Gasteiger partial charge in [-0.25, -0.2) is 4.98 Å². The molecule has 0 amide bonds. The van der Waals surface area contributed by atoms with Gasteiger partial charge >= 0.3 is 0 Å². The van der Waals surface area contributed by atoms with E-state index in [0.29, 0.717) is 5.02 Å². The van der Waals surface area contributed by atoms with Crippen LogP contribution in [0, 0.1) is 5.92 Å². The molecule has 23 heavy (non-hydrogen) atoms. The van der Waals surface area contributed by atoms with E-state index in [2.05, 4.69) is 4.98 Å². The molecular formula is C18H20ClN3O. The Morgan fingerprint density at radius 3 is 2.78 bits per heavy atom. The molecule has 3 rings (SSSR count). The molecule has 0 bridgehead atoms. The monoisotopic (exact) mass is 329 g/mol. The third-order valence-electron chi connectivity index (χ3n) is 4.35. The quantitative estimate of drug-likeness (QED) is 0.679. The van der Waals surface area contributed by atoms with Crippen molar-refractivity contribution < 1.29 is 4.79 Å². The second kappa shape index (κ2) is 7.01. The van der Waals surface area contributed by atoms with Crippen molar-refractivity contribution in [2.45, 2.75) is 32.1 Å². The fourth-order valence-electron chi connectivity index (χ4n) is 3.09. The maximum atomic E-state index is 12.4. The van der Waals surface area contributed by atoms with E-state index in [4.69, 9.17) is 17.4 Å². The van der Waals surface area contributed by atoms with E-state index in [1.807, 2.05) is 24.3 Å². The van der Waals surface area contributed by atoms with Gasteiger partial charge in [-0.2, -0.15) is 0 Å². The standard InChI is InChI=1S/C18H20ClN3O/c19-16-8-4-7-15(17-11-22(20)12-21-17)14(16)9-10-18(23)13-5-2-1-3-6-13/h4,7-13H,1-3,5-6,20H2/b10-9+. The van der Waals surface area contributed by atoms with Crippen molar-refractivity contribution in [1.29, 1.82) is 0 Å². The van der Waals surface area contributed by atoms with Crippen LogP contribution in [0.1, 0.15) is 37.7 Å². The Morgan fingerprint density at radius 2 is 2.09 bits per heavy atom. The van der Waals surface area contributed by atoms with Gasteiger partial charge in [-0.15, -0.1) is 0 Å². The van der Waals surface area contributed by atoms with Gasteiger partial charge in [-0.1, -0.05) is 43.0 Å². The number of rotatable bonds is 4. The highest BCUT2D eigenvalue weighted by molar-refractivity contribution is 6.32. The van der Waals surface area contributed by atoms with Crippen molar-refractivity contribution in [2.24, 2.45) is 5.92 Å². The maximum absolute atomic E-state index is 12.4. The molecule has 4 nitrogen and oxygen atoms in total. The number of ketones is 1. The Kier molecular flexibility index (Phi) is 4.82. The van der Waals surface area contributed by atoms with Gasteiger partial charge in [-0.05, 0) is 31.1 Å². The Labute approximate surface area is 140 Å². The van der Waals surface area contributed by atoms with E-state index < -0.39 is 0 Å². The summed E-state index contributed by atoms with van der Waals surface area (Å²) >= 11 is 6.33. The number of aromatic nitrogens is 2. The van der Waals surface area contributed by atoms with Gasteiger partial charge < -0.3 is 5.84 Å². The van der Waals surface area contributed by atoms with Crippen LogP contribution >= 0.6 is 11.6 Å². The van der Waals surface area contributed by atoms with Crippen molar-refractivity contribution >= 4 is 23.5 Å². The summed E-state index contributed by atoms with van der Waals surface area (Å²) < 4.78 is 1.40. The Balaban J connectivity index is 1.87. The number of allylic oxidation sites excluding steroid dienone is 1.